The van der Waals surface area contributed by atoms with E-state index in [1.165, 1.54) is 0 Å². The van der Waals surface area contributed by atoms with Crippen molar-refractivity contribution >= 4 is 40.2 Å². The summed E-state index contributed by atoms with van der Waals surface area (Å²) in [6.45, 7) is 5.42. The summed E-state index contributed by atoms with van der Waals surface area (Å²) in [7, 11) is 0. The number of rotatable bonds is 1. The Kier molecular flexibility index (Phi) is 3.94. The van der Waals surface area contributed by atoms with Crippen LogP contribution in [0.3, 0.4) is 0 Å². The first kappa shape index (κ1) is 12.7. The lowest BCUT2D eigenvalue weighted by molar-refractivity contribution is 0.00681. The first-order valence-corrected chi connectivity index (χ1v) is 5.80. The summed E-state index contributed by atoms with van der Waals surface area (Å²) < 4.78 is 5.96. The topological polar surface area (TPSA) is 39.2 Å². The van der Waals surface area contributed by atoms with E-state index in [9.17, 15) is 4.79 Å². The number of esters is 1. The maximum atomic E-state index is 11.8. The average Bonchev–Trinajstić information content (AvgIpc) is 1.99. The van der Waals surface area contributed by atoms with Crippen molar-refractivity contribution < 1.29 is 9.53 Å². The molecule has 3 nitrogen and oxygen atoms in total. The molecule has 0 atom stereocenters. The SMILES string of the molecule is CC(C)(C)OC(=O)c1c(I)ccnc1Cl. The zero-order valence-corrected chi connectivity index (χ0v) is 11.6. The average molecular weight is 340 g/mol. The molecule has 0 N–H and O–H groups in total. The summed E-state index contributed by atoms with van der Waals surface area (Å²) in [5.74, 6) is -0.440. The van der Waals surface area contributed by atoms with Crippen LogP contribution in [-0.4, -0.2) is 16.6 Å². The lowest BCUT2D eigenvalue weighted by atomic mass is 10.2. The van der Waals surface area contributed by atoms with Gasteiger partial charge in [-0.1, -0.05) is 11.6 Å². The number of hydrogen-bond donors (Lipinski definition) is 0. The molecule has 15 heavy (non-hydrogen) atoms. The minimum absolute atomic E-state index is 0.177. The third-order valence-corrected chi connectivity index (χ3v) is 2.64. The lowest BCUT2D eigenvalue weighted by Gasteiger charge is -2.20. The van der Waals surface area contributed by atoms with Crippen LogP contribution < -0.4 is 0 Å². The van der Waals surface area contributed by atoms with E-state index in [2.05, 4.69) is 4.98 Å². The second-order valence-corrected chi connectivity index (χ2v) is 5.48. The number of aromatic nitrogens is 1. The standard InChI is InChI=1S/C10H11ClINO2/c1-10(2,3)15-9(14)7-6(12)4-5-13-8(7)11/h4-5H,1-3H3. The maximum Gasteiger partial charge on any atom is 0.342 e. The molecular weight excluding hydrogens is 328 g/mol. The molecule has 1 aromatic rings. The predicted molar refractivity (Wildman–Crippen MR) is 67.1 cm³/mol. The highest BCUT2D eigenvalue weighted by Crippen LogP contribution is 2.22. The Hall–Kier alpha value is -0.360. The van der Waals surface area contributed by atoms with Crippen molar-refractivity contribution in [1.82, 2.24) is 4.98 Å². The highest BCUT2D eigenvalue weighted by atomic mass is 127. The second-order valence-electron chi connectivity index (χ2n) is 3.96. The number of halogens is 2. The smallest absolute Gasteiger partial charge is 0.342 e. The van der Waals surface area contributed by atoms with E-state index < -0.39 is 11.6 Å². The third-order valence-electron chi connectivity index (χ3n) is 1.46. The zero-order chi connectivity index (χ0) is 11.6. The molecular formula is C10H11ClINO2. The fourth-order valence-corrected chi connectivity index (χ4v) is 1.96. The number of carbonyl (C=O) groups excluding carboxylic acids is 1. The van der Waals surface area contributed by atoms with E-state index in [0.717, 1.165) is 3.57 Å². The number of pyridine rings is 1. The van der Waals surface area contributed by atoms with Gasteiger partial charge >= 0.3 is 5.97 Å². The Bertz CT molecular complexity index is 367. The van der Waals surface area contributed by atoms with Crippen molar-refractivity contribution in [3.63, 3.8) is 0 Å². The molecule has 1 aromatic heterocycles. The van der Waals surface area contributed by atoms with Crippen LogP contribution in [0.15, 0.2) is 12.3 Å². The summed E-state index contributed by atoms with van der Waals surface area (Å²) in [4.78, 5) is 15.6. The number of hydrogen-bond acceptors (Lipinski definition) is 3. The minimum Gasteiger partial charge on any atom is -0.456 e. The molecule has 0 spiro atoms. The monoisotopic (exact) mass is 339 g/mol. The number of carbonyl (C=O) groups is 1. The van der Waals surface area contributed by atoms with Crippen molar-refractivity contribution in [2.45, 2.75) is 26.4 Å². The highest BCUT2D eigenvalue weighted by Gasteiger charge is 2.22. The van der Waals surface area contributed by atoms with Crippen LogP contribution in [0.25, 0.3) is 0 Å². The van der Waals surface area contributed by atoms with Gasteiger partial charge in [-0.05, 0) is 49.4 Å². The molecule has 0 bridgehead atoms. The van der Waals surface area contributed by atoms with Gasteiger partial charge in [-0.25, -0.2) is 9.78 Å². The normalized spacial score (nSPS) is 11.3. The van der Waals surface area contributed by atoms with Crippen LogP contribution in [0, 0.1) is 3.57 Å². The van der Waals surface area contributed by atoms with Gasteiger partial charge in [0.2, 0.25) is 0 Å². The van der Waals surface area contributed by atoms with Crippen molar-refractivity contribution in [1.29, 1.82) is 0 Å². The molecule has 0 saturated carbocycles. The predicted octanol–water partition coefficient (Wildman–Crippen LogP) is 3.29. The van der Waals surface area contributed by atoms with Gasteiger partial charge in [0.1, 0.15) is 16.3 Å². The van der Waals surface area contributed by atoms with Crippen LogP contribution in [0.5, 0.6) is 0 Å². The minimum atomic E-state index is -0.528. The van der Waals surface area contributed by atoms with Crippen molar-refractivity contribution in [2.75, 3.05) is 0 Å². The van der Waals surface area contributed by atoms with Gasteiger partial charge in [0.15, 0.2) is 0 Å². The zero-order valence-electron chi connectivity index (χ0n) is 8.67. The summed E-state index contributed by atoms with van der Waals surface area (Å²) in [5, 5.41) is 0.177. The van der Waals surface area contributed by atoms with Crippen molar-refractivity contribution in [3.8, 4) is 0 Å². The van der Waals surface area contributed by atoms with Gasteiger partial charge in [0, 0.05) is 9.77 Å². The number of nitrogens with zero attached hydrogens (tertiary/aromatic N) is 1. The molecule has 1 heterocycles. The molecule has 0 radical (unpaired) electrons. The van der Waals surface area contributed by atoms with Gasteiger partial charge in [-0.2, -0.15) is 0 Å². The molecule has 0 aliphatic carbocycles. The Morgan fingerprint density at radius 1 is 1.53 bits per heavy atom. The first-order valence-electron chi connectivity index (χ1n) is 4.34. The van der Waals surface area contributed by atoms with Crippen LogP contribution in [0.4, 0.5) is 0 Å². The molecule has 0 aromatic carbocycles. The fraction of sp³-hybridized carbons (Fsp3) is 0.400. The molecule has 82 valence electrons. The molecule has 0 saturated heterocycles. The lowest BCUT2D eigenvalue weighted by Crippen LogP contribution is -2.24. The van der Waals surface area contributed by atoms with E-state index >= 15 is 0 Å². The molecule has 0 aliphatic rings. The molecule has 5 heteroatoms. The number of ether oxygens (including phenoxy) is 1. The molecule has 0 amide bonds. The van der Waals surface area contributed by atoms with Crippen molar-refractivity contribution in [3.05, 3.63) is 26.5 Å². The van der Waals surface area contributed by atoms with Crippen LogP contribution in [0.1, 0.15) is 31.1 Å². The third kappa shape index (κ3) is 3.61. The quantitative estimate of drug-likeness (QED) is 0.448. The maximum absolute atomic E-state index is 11.8. The summed E-state index contributed by atoms with van der Waals surface area (Å²) >= 11 is 7.86. The van der Waals surface area contributed by atoms with Crippen LogP contribution in [-0.2, 0) is 4.74 Å². The second kappa shape index (κ2) is 4.65. The molecule has 0 aliphatic heterocycles. The van der Waals surface area contributed by atoms with Gasteiger partial charge in [0.25, 0.3) is 0 Å². The van der Waals surface area contributed by atoms with Gasteiger partial charge in [-0.3, -0.25) is 0 Å². The van der Waals surface area contributed by atoms with Crippen molar-refractivity contribution in [2.24, 2.45) is 0 Å². The Morgan fingerprint density at radius 2 is 2.13 bits per heavy atom. The Labute approximate surface area is 107 Å². The summed E-state index contributed by atoms with van der Waals surface area (Å²) in [6, 6.07) is 1.71. The molecule has 0 fully saturated rings. The van der Waals surface area contributed by atoms with E-state index in [1.807, 2.05) is 43.4 Å². The Morgan fingerprint density at radius 3 is 2.60 bits per heavy atom. The Balaban J connectivity index is 3.02. The fourth-order valence-electron chi connectivity index (χ4n) is 0.925. The van der Waals surface area contributed by atoms with Gasteiger partial charge < -0.3 is 4.74 Å². The van der Waals surface area contributed by atoms with E-state index in [1.54, 1.807) is 12.3 Å². The highest BCUT2D eigenvalue weighted by molar-refractivity contribution is 14.1. The first-order chi connectivity index (χ1) is 6.81. The van der Waals surface area contributed by atoms with E-state index in [-0.39, 0.29) is 5.15 Å². The van der Waals surface area contributed by atoms with Crippen LogP contribution >= 0.6 is 34.2 Å². The van der Waals surface area contributed by atoms with Gasteiger partial charge in [0.05, 0.1) is 0 Å². The largest absolute Gasteiger partial charge is 0.456 e. The molecule has 0 unspecified atom stereocenters. The summed E-state index contributed by atoms with van der Waals surface area (Å²) in [5.41, 5.74) is -0.200. The van der Waals surface area contributed by atoms with E-state index in [4.69, 9.17) is 16.3 Å². The van der Waals surface area contributed by atoms with Gasteiger partial charge in [-0.15, -0.1) is 0 Å². The van der Waals surface area contributed by atoms with E-state index in [0.29, 0.717) is 5.56 Å². The van der Waals surface area contributed by atoms with Crippen LogP contribution in [0.2, 0.25) is 5.15 Å². The summed E-state index contributed by atoms with van der Waals surface area (Å²) in [6.07, 6.45) is 1.55. The molecule has 1 rings (SSSR count).